The van der Waals surface area contributed by atoms with Crippen LogP contribution in [0, 0.1) is 5.82 Å². The molecule has 0 fully saturated rings. The van der Waals surface area contributed by atoms with Gasteiger partial charge in [-0.25, -0.2) is 4.39 Å². The molecule has 0 aliphatic rings. The molecule has 2 aromatic carbocycles. The van der Waals surface area contributed by atoms with Crippen LogP contribution in [0.25, 0.3) is 0 Å². The molecule has 0 unspecified atom stereocenters. The minimum absolute atomic E-state index is 0.294. The van der Waals surface area contributed by atoms with Crippen LogP contribution in [0.1, 0.15) is 5.56 Å². The molecule has 18 heavy (non-hydrogen) atoms. The zero-order valence-corrected chi connectivity index (χ0v) is 9.84. The van der Waals surface area contributed by atoms with Crippen molar-refractivity contribution in [1.29, 1.82) is 0 Å². The fourth-order valence-electron chi connectivity index (χ4n) is 1.09. The average molecular weight is 277 g/mol. The Morgan fingerprint density at radius 2 is 1.44 bits per heavy atom. The van der Waals surface area contributed by atoms with E-state index in [0.717, 1.165) is 12.1 Å². The Kier molecular flexibility index (Phi) is 5.16. The SMILES string of the molecule is FC(F)(F)c1ccccc1.Fc1cccc(Cl)c1. The smallest absolute Gasteiger partial charge is 0.207 e. The molecule has 2 rings (SSSR count). The summed E-state index contributed by atoms with van der Waals surface area (Å²) in [6.45, 7) is 0. The fraction of sp³-hybridized carbons (Fsp3) is 0.0769. The van der Waals surface area contributed by atoms with Gasteiger partial charge in [0.25, 0.3) is 0 Å². The van der Waals surface area contributed by atoms with Crippen LogP contribution in [0.4, 0.5) is 17.6 Å². The number of alkyl halides is 3. The minimum Gasteiger partial charge on any atom is -0.207 e. The highest BCUT2D eigenvalue weighted by Gasteiger charge is 2.29. The highest BCUT2D eigenvalue weighted by molar-refractivity contribution is 6.30. The first kappa shape index (κ1) is 14.5. The third kappa shape index (κ3) is 5.19. The van der Waals surface area contributed by atoms with Crippen molar-refractivity contribution < 1.29 is 17.6 Å². The number of halogens is 5. The Morgan fingerprint density at radius 3 is 1.78 bits per heavy atom. The lowest BCUT2D eigenvalue weighted by Crippen LogP contribution is -2.03. The maximum absolute atomic E-state index is 12.1. The van der Waals surface area contributed by atoms with E-state index in [1.54, 1.807) is 18.2 Å². The summed E-state index contributed by atoms with van der Waals surface area (Å²) in [6, 6.07) is 12.2. The Hall–Kier alpha value is -1.55. The Balaban J connectivity index is 0.000000184. The lowest BCUT2D eigenvalue weighted by Gasteiger charge is -2.03. The maximum Gasteiger partial charge on any atom is 0.416 e. The first-order valence-corrected chi connectivity index (χ1v) is 5.30. The second kappa shape index (κ2) is 6.40. The van der Waals surface area contributed by atoms with Gasteiger partial charge in [0.05, 0.1) is 5.56 Å². The van der Waals surface area contributed by atoms with Crippen LogP contribution in [0.3, 0.4) is 0 Å². The highest BCUT2D eigenvalue weighted by Crippen LogP contribution is 2.28. The molecule has 5 heteroatoms. The highest BCUT2D eigenvalue weighted by atomic mass is 35.5. The van der Waals surface area contributed by atoms with Crippen molar-refractivity contribution in [2.45, 2.75) is 6.18 Å². The monoisotopic (exact) mass is 276 g/mol. The molecule has 0 radical (unpaired) electrons. The van der Waals surface area contributed by atoms with E-state index in [-0.39, 0.29) is 5.82 Å². The fourth-order valence-corrected chi connectivity index (χ4v) is 1.26. The van der Waals surface area contributed by atoms with Crippen LogP contribution < -0.4 is 0 Å². The summed E-state index contributed by atoms with van der Waals surface area (Å²) in [4.78, 5) is 0. The Morgan fingerprint density at radius 1 is 0.833 bits per heavy atom. The maximum atomic E-state index is 12.1. The van der Waals surface area contributed by atoms with Crippen molar-refractivity contribution >= 4 is 11.6 Å². The van der Waals surface area contributed by atoms with E-state index in [4.69, 9.17) is 11.6 Å². The summed E-state index contributed by atoms with van der Waals surface area (Å²) in [5, 5.41) is 0.435. The van der Waals surface area contributed by atoms with E-state index in [9.17, 15) is 17.6 Å². The second-order valence-corrected chi connectivity index (χ2v) is 3.74. The zero-order chi connectivity index (χ0) is 13.6. The van der Waals surface area contributed by atoms with E-state index in [1.165, 1.54) is 24.3 Å². The van der Waals surface area contributed by atoms with Crippen molar-refractivity contribution in [1.82, 2.24) is 0 Å². The third-order valence-corrected chi connectivity index (χ3v) is 2.12. The van der Waals surface area contributed by atoms with Gasteiger partial charge in [-0.3, -0.25) is 0 Å². The molecule has 2 aromatic rings. The van der Waals surface area contributed by atoms with Gasteiger partial charge in [0.1, 0.15) is 5.82 Å². The summed E-state index contributed by atoms with van der Waals surface area (Å²) in [5.41, 5.74) is -0.602. The predicted octanol–water partition coefficient (Wildman–Crippen LogP) is 5.18. The first-order chi connectivity index (χ1) is 8.39. The third-order valence-electron chi connectivity index (χ3n) is 1.89. The first-order valence-electron chi connectivity index (χ1n) is 4.93. The predicted molar refractivity (Wildman–Crippen MR) is 62.9 cm³/mol. The standard InChI is InChI=1S/C7H5F3.C6H4ClF/c8-7(9,10)6-4-2-1-3-5-6;7-5-2-1-3-6(8)4-5/h1-5H;1-4H. The molecule has 0 aromatic heterocycles. The lowest BCUT2D eigenvalue weighted by atomic mass is 10.2. The van der Waals surface area contributed by atoms with Gasteiger partial charge in [-0.05, 0) is 18.2 Å². The zero-order valence-electron chi connectivity index (χ0n) is 9.09. The van der Waals surface area contributed by atoms with E-state index >= 15 is 0 Å². The molecule has 0 nitrogen and oxygen atoms in total. The number of hydrogen-bond donors (Lipinski definition) is 0. The Labute approximate surface area is 107 Å². The number of hydrogen-bond acceptors (Lipinski definition) is 0. The van der Waals surface area contributed by atoms with Crippen molar-refractivity contribution in [2.75, 3.05) is 0 Å². The van der Waals surface area contributed by atoms with Crippen LogP contribution in [0.2, 0.25) is 5.02 Å². The van der Waals surface area contributed by atoms with Gasteiger partial charge in [-0.2, -0.15) is 13.2 Å². The van der Waals surface area contributed by atoms with Crippen molar-refractivity contribution in [3.63, 3.8) is 0 Å². The van der Waals surface area contributed by atoms with Gasteiger partial charge in [0.15, 0.2) is 0 Å². The van der Waals surface area contributed by atoms with E-state index in [1.807, 2.05) is 0 Å². The van der Waals surface area contributed by atoms with E-state index < -0.39 is 11.7 Å². The lowest BCUT2D eigenvalue weighted by molar-refractivity contribution is -0.137. The van der Waals surface area contributed by atoms with Crippen molar-refractivity contribution in [3.05, 3.63) is 71.0 Å². The summed E-state index contributed by atoms with van der Waals surface area (Å²) in [5.74, 6) is -0.294. The van der Waals surface area contributed by atoms with Crippen molar-refractivity contribution in [2.24, 2.45) is 0 Å². The molecular formula is C13H9ClF4. The van der Waals surface area contributed by atoms with Gasteiger partial charge in [-0.1, -0.05) is 48.0 Å². The normalized spacial score (nSPS) is 10.5. The van der Waals surface area contributed by atoms with Gasteiger partial charge in [0.2, 0.25) is 0 Å². The summed E-state index contributed by atoms with van der Waals surface area (Å²) in [6.07, 6.45) is -4.21. The molecule has 0 spiro atoms. The molecule has 0 atom stereocenters. The number of benzene rings is 2. The molecule has 0 N–H and O–H groups in total. The average Bonchev–Trinajstić information content (AvgIpc) is 2.29. The van der Waals surface area contributed by atoms with Gasteiger partial charge in [-0.15, -0.1) is 0 Å². The molecule has 0 saturated heterocycles. The topological polar surface area (TPSA) is 0 Å². The summed E-state index contributed by atoms with van der Waals surface area (Å²) in [7, 11) is 0. The molecule has 96 valence electrons. The van der Waals surface area contributed by atoms with Gasteiger partial charge in [0, 0.05) is 5.02 Å². The molecular weight excluding hydrogens is 268 g/mol. The summed E-state index contributed by atoms with van der Waals surface area (Å²) >= 11 is 5.40. The molecule has 0 saturated carbocycles. The van der Waals surface area contributed by atoms with Gasteiger partial charge >= 0.3 is 6.18 Å². The van der Waals surface area contributed by atoms with Gasteiger partial charge < -0.3 is 0 Å². The van der Waals surface area contributed by atoms with Crippen LogP contribution in [0.5, 0.6) is 0 Å². The van der Waals surface area contributed by atoms with Crippen LogP contribution >= 0.6 is 11.6 Å². The van der Waals surface area contributed by atoms with Crippen LogP contribution in [0.15, 0.2) is 54.6 Å². The van der Waals surface area contributed by atoms with E-state index in [2.05, 4.69) is 0 Å². The van der Waals surface area contributed by atoms with E-state index in [0.29, 0.717) is 5.02 Å². The summed E-state index contributed by atoms with van der Waals surface area (Å²) < 4.78 is 47.4. The second-order valence-electron chi connectivity index (χ2n) is 3.30. The largest absolute Gasteiger partial charge is 0.416 e. The van der Waals surface area contributed by atoms with Crippen LogP contribution in [-0.4, -0.2) is 0 Å². The Bertz CT molecular complexity index is 463. The molecule has 0 aliphatic carbocycles. The number of rotatable bonds is 0. The van der Waals surface area contributed by atoms with Crippen molar-refractivity contribution in [3.8, 4) is 0 Å². The molecule has 0 amide bonds. The molecule has 0 heterocycles. The molecule has 0 aliphatic heterocycles. The minimum atomic E-state index is -4.21. The quantitative estimate of drug-likeness (QED) is 0.581. The van der Waals surface area contributed by atoms with Crippen LogP contribution in [-0.2, 0) is 6.18 Å². The molecule has 0 bridgehead atoms.